The van der Waals surface area contributed by atoms with Gasteiger partial charge in [0.2, 0.25) is 15.9 Å². The topological polar surface area (TPSA) is 75.3 Å². The summed E-state index contributed by atoms with van der Waals surface area (Å²) in [5.41, 5.74) is 2.26. The van der Waals surface area contributed by atoms with Crippen LogP contribution in [-0.2, 0) is 27.7 Å². The van der Waals surface area contributed by atoms with Crippen molar-refractivity contribution in [2.24, 2.45) is 0 Å². The molecule has 1 aromatic carbocycles. The molecule has 21 heavy (non-hydrogen) atoms. The number of benzene rings is 1. The number of amides is 1. The van der Waals surface area contributed by atoms with Gasteiger partial charge in [-0.2, -0.15) is 0 Å². The van der Waals surface area contributed by atoms with Gasteiger partial charge in [0.15, 0.2) is 0 Å². The van der Waals surface area contributed by atoms with Crippen LogP contribution in [0.5, 0.6) is 0 Å². The Morgan fingerprint density at radius 3 is 2.62 bits per heavy atom. The first-order chi connectivity index (χ1) is 9.84. The number of carbonyl (C=O) groups excluding carboxylic acids is 1. The first kappa shape index (κ1) is 16.0. The molecule has 0 aliphatic heterocycles. The van der Waals surface area contributed by atoms with E-state index in [0.29, 0.717) is 0 Å². The van der Waals surface area contributed by atoms with Gasteiger partial charge in [0.25, 0.3) is 0 Å². The van der Waals surface area contributed by atoms with Crippen LogP contribution in [0.25, 0.3) is 0 Å². The number of hydrogen-bond donors (Lipinski definition) is 2. The van der Waals surface area contributed by atoms with Crippen LogP contribution >= 0.6 is 0 Å². The van der Waals surface area contributed by atoms with E-state index in [1.54, 1.807) is 6.92 Å². The van der Waals surface area contributed by atoms with Crippen LogP contribution in [0.4, 0.5) is 0 Å². The Hall–Kier alpha value is -1.40. The molecule has 0 fully saturated rings. The van der Waals surface area contributed by atoms with Crippen molar-refractivity contribution in [2.75, 3.05) is 12.3 Å². The van der Waals surface area contributed by atoms with Crippen molar-refractivity contribution in [2.45, 2.75) is 38.6 Å². The SMILES string of the molecule is CCS(=O)(=O)NCC(=O)N[C@@]1(C)CCc2ccccc2C1. The summed E-state index contributed by atoms with van der Waals surface area (Å²) in [4.78, 5) is 12.0. The van der Waals surface area contributed by atoms with Crippen LogP contribution < -0.4 is 10.0 Å². The molecule has 0 aromatic heterocycles. The van der Waals surface area contributed by atoms with E-state index in [1.165, 1.54) is 11.1 Å². The Balaban J connectivity index is 1.95. The Kier molecular flexibility index (Phi) is 4.68. The molecule has 5 nitrogen and oxygen atoms in total. The maximum absolute atomic E-state index is 12.0. The highest BCUT2D eigenvalue weighted by atomic mass is 32.2. The van der Waals surface area contributed by atoms with Crippen LogP contribution in [-0.4, -0.2) is 32.2 Å². The quantitative estimate of drug-likeness (QED) is 0.851. The number of hydrogen-bond acceptors (Lipinski definition) is 3. The second kappa shape index (κ2) is 6.15. The summed E-state index contributed by atoms with van der Waals surface area (Å²) in [5.74, 6) is -0.306. The maximum Gasteiger partial charge on any atom is 0.235 e. The van der Waals surface area contributed by atoms with Crippen molar-refractivity contribution in [3.05, 3.63) is 35.4 Å². The normalized spacial score (nSPS) is 21.6. The third-order valence-electron chi connectivity index (χ3n) is 3.92. The van der Waals surface area contributed by atoms with Crippen LogP contribution in [0.1, 0.15) is 31.4 Å². The van der Waals surface area contributed by atoms with Crippen molar-refractivity contribution in [3.8, 4) is 0 Å². The van der Waals surface area contributed by atoms with Gasteiger partial charge in [-0.05, 0) is 44.2 Å². The van der Waals surface area contributed by atoms with Crippen LogP contribution in [0.2, 0.25) is 0 Å². The smallest absolute Gasteiger partial charge is 0.235 e. The van der Waals surface area contributed by atoms with Gasteiger partial charge in [0, 0.05) is 5.54 Å². The van der Waals surface area contributed by atoms with Gasteiger partial charge in [0.05, 0.1) is 12.3 Å². The molecule has 2 rings (SSSR count). The fourth-order valence-corrected chi connectivity index (χ4v) is 3.21. The summed E-state index contributed by atoms with van der Waals surface area (Å²) in [5, 5.41) is 2.97. The minimum absolute atomic E-state index is 0.0229. The summed E-state index contributed by atoms with van der Waals surface area (Å²) >= 11 is 0. The third-order valence-corrected chi connectivity index (χ3v) is 5.26. The molecule has 1 aliphatic carbocycles. The first-order valence-corrected chi connectivity index (χ1v) is 8.84. The molecule has 1 aromatic rings. The molecule has 0 unspecified atom stereocenters. The number of fused-ring (bicyclic) bond motifs is 1. The molecule has 0 bridgehead atoms. The van der Waals surface area contributed by atoms with Crippen LogP contribution in [0.15, 0.2) is 24.3 Å². The fraction of sp³-hybridized carbons (Fsp3) is 0.533. The van der Waals surface area contributed by atoms with Crippen molar-refractivity contribution in [1.82, 2.24) is 10.0 Å². The van der Waals surface area contributed by atoms with E-state index in [2.05, 4.69) is 22.2 Å². The molecule has 0 heterocycles. The van der Waals surface area contributed by atoms with Gasteiger partial charge in [-0.25, -0.2) is 13.1 Å². The minimum Gasteiger partial charge on any atom is -0.349 e. The van der Waals surface area contributed by atoms with Crippen molar-refractivity contribution in [3.63, 3.8) is 0 Å². The number of carbonyl (C=O) groups is 1. The number of rotatable bonds is 5. The molecule has 116 valence electrons. The molecule has 0 saturated carbocycles. The minimum atomic E-state index is -3.33. The lowest BCUT2D eigenvalue weighted by Crippen LogP contribution is -2.52. The summed E-state index contributed by atoms with van der Waals surface area (Å²) in [6.07, 6.45) is 2.55. The second-order valence-corrected chi connectivity index (χ2v) is 7.87. The molecular weight excluding hydrogens is 288 g/mol. The van der Waals surface area contributed by atoms with Crippen LogP contribution in [0, 0.1) is 0 Å². The van der Waals surface area contributed by atoms with E-state index in [-0.39, 0.29) is 23.7 Å². The highest BCUT2D eigenvalue weighted by Gasteiger charge is 2.31. The highest BCUT2D eigenvalue weighted by Crippen LogP contribution is 2.28. The Morgan fingerprint density at radius 1 is 1.29 bits per heavy atom. The molecule has 0 spiro atoms. The molecule has 2 N–H and O–H groups in total. The number of nitrogens with one attached hydrogen (secondary N) is 2. The largest absolute Gasteiger partial charge is 0.349 e. The number of sulfonamides is 1. The van der Waals surface area contributed by atoms with Gasteiger partial charge in [-0.1, -0.05) is 24.3 Å². The predicted molar refractivity (Wildman–Crippen MR) is 82.5 cm³/mol. The zero-order valence-electron chi connectivity index (χ0n) is 12.5. The van der Waals surface area contributed by atoms with E-state index in [1.807, 2.05) is 19.1 Å². The van der Waals surface area contributed by atoms with Crippen molar-refractivity contribution in [1.29, 1.82) is 0 Å². The van der Waals surface area contributed by atoms with Gasteiger partial charge >= 0.3 is 0 Å². The summed E-state index contributed by atoms with van der Waals surface area (Å²) in [6.45, 7) is 3.35. The average Bonchev–Trinajstić information content (AvgIpc) is 2.45. The van der Waals surface area contributed by atoms with Gasteiger partial charge < -0.3 is 5.32 Å². The molecular formula is C15H22N2O3S. The van der Waals surface area contributed by atoms with E-state index < -0.39 is 10.0 Å². The van der Waals surface area contributed by atoms with E-state index in [9.17, 15) is 13.2 Å². The van der Waals surface area contributed by atoms with Gasteiger partial charge in [0.1, 0.15) is 0 Å². The molecule has 6 heteroatoms. The Bertz CT molecular complexity index is 628. The molecule has 0 saturated heterocycles. The lowest BCUT2D eigenvalue weighted by Gasteiger charge is -2.36. The molecule has 1 aliphatic rings. The standard InChI is InChI=1S/C15H22N2O3S/c1-3-21(19,20)16-11-14(18)17-15(2)9-8-12-6-4-5-7-13(12)10-15/h4-7,16H,3,8-11H2,1-2H3,(H,17,18)/t15-/m0/s1. The molecule has 0 radical (unpaired) electrons. The predicted octanol–water partition coefficient (Wildman–Crippen LogP) is 0.990. The summed E-state index contributed by atoms with van der Waals surface area (Å²) in [6, 6.07) is 8.23. The lowest BCUT2D eigenvalue weighted by molar-refractivity contribution is -0.121. The third kappa shape index (κ3) is 4.28. The fourth-order valence-electron chi connectivity index (χ4n) is 2.66. The zero-order valence-corrected chi connectivity index (χ0v) is 13.3. The Morgan fingerprint density at radius 2 is 1.95 bits per heavy atom. The monoisotopic (exact) mass is 310 g/mol. The maximum atomic E-state index is 12.0. The summed E-state index contributed by atoms with van der Waals surface area (Å²) < 4.78 is 25.0. The first-order valence-electron chi connectivity index (χ1n) is 7.19. The van der Waals surface area contributed by atoms with Gasteiger partial charge in [-0.3, -0.25) is 4.79 Å². The van der Waals surface area contributed by atoms with Crippen LogP contribution in [0.3, 0.4) is 0 Å². The summed E-state index contributed by atoms with van der Waals surface area (Å²) in [7, 11) is -3.33. The van der Waals surface area contributed by atoms with Gasteiger partial charge in [-0.15, -0.1) is 0 Å². The highest BCUT2D eigenvalue weighted by molar-refractivity contribution is 7.89. The second-order valence-electron chi connectivity index (χ2n) is 5.78. The van der Waals surface area contributed by atoms with Crippen molar-refractivity contribution < 1.29 is 13.2 Å². The zero-order chi connectivity index (χ0) is 15.5. The number of aryl methyl sites for hydroxylation is 1. The van der Waals surface area contributed by atoms with E-state index in [0.717, 1.165) is 19.3 Å². The van der Waals surface area contributed by atoms with Crippen molar-refractivity contribution >= 4 is 15.9 Å². The molecule has 1 atom stereocenters. The lowest BCUT2D eigenvalue weighted by atomic mass is 9.79. The van der Waals surface area contributed by atoms with E-state index >= 15 is 0 Å². The average molecular weight is 310 g/mol. The molecule has 1 amide bonds. The van der Waals surface area contributed by atoms with E-state index in [4.69, 9.17) is 0 Å². The Labute approximate surface area is 126 Å².